The molecule has 0 saturated carbocycles. The number of carbonyl (C=O) groups excluding carboxylic acids is 2. The van der Waals surface area contributed by atoms with Crippen LogP contribution in [0.5, 0.6) is 0 Å². The molecule has 1 aliphatic heterocycles. The van der Waals surface area contributed by atoms with Gasteiger partial charge in [0.05, 0.1) is 41.6 Å². The molecule has 0 fully saturated rings. The number of urea groups is 1. The summed E-state index contributed by atoms with van der Waals surface area (Å²) in [4.78, 5) is 26.3. The van der Waals surface area contributed by atoms with E-state index in [2.05, 4.69) is 5.32 Å². The molecule has 3 rings (SSSR count). The van der Waals surface area contributed by atoms with E-state index in [1.807, 2.05) is 6.07 Å². The number of allylic oxidation sites excluding steroid dienone is 1. The Labute approximate surface area is 170 Å². The number of nitriles is 1. The molecule has 6 nitrogen and oxygen atoms in total. The van der Waals surface area contributed by atoms with Gasteiger partial charge in [0.25, 0.3) is 0 Å². The van der Waals surface area contributed by atoms with Crippen molar-refractivity contribution in [2.45, 2.75) is 19.1 Å². The van der Waals surface area contributed by atoms with Gasteiger partial charge < -0.3 is 10.1 Å². The topological polar surface area (TPSA) is 82.4 Å². The average molecular weight is 415 g/mol. The maximum absolute atomic E-state index is 13.1. The van der Waals surface area contributed by atoms with Gasteiger partial charge in [0.2, 0.25) is 0 Å². The number of nitrogens with one attached hydrogen (secondary N) is 1. The number of halogens is 3. The smallest absolute Gasteiger partial charge is 0.416 e. The summed E-state index contributed by atoms with van der Waals surface area (Å²) in [6.45, 7) is 1.46. The number of alkyl halides is 3. The fourth-order valence-corrected chi connectivity index (χ4v) is 3.25. The van der Waals surface area contributed by atoms with E-state index in [0.717, 1.165) is 17.0 Å². The Kier molecular flexibility index (Phi) is 5.52. The minimum Gasteiger partial charge on any atom is -0.466 e. The zero-order chi connectivity index (χ0) is 22.1. The number of hydrogen-bond donors (Lipinski definition) is 1. The van der Waals surface area contributed by atoms with Crippen LogP contribution in [-0.4, -0.2) is 19.1 Å². The SMILES string of the molecule is COC(=O)C1=C(C)N(c2cccc(C(F)(F)F)c2)C(=O)N[C@@H]1c1ccc(C#N)cc1. The highest BCUT2D eigenvalue weighted by Gasteiger charge is 2.38. The van der Waals surface area contributed by atoms with Crippen molar-refractivity contribution in [1.29, 1.82) is 5.26 Å². The van der Waals surface area contributed by atoms with Gasteiger partial charge in [-0.2, -0.15) is 18.4 Å². The summed E-state index contributed by atoms with van der Waals surface area (Å²) in [6, 6.07) is 10.9. The van der Waals surface area contributed by atoms with Gasteiger partial charge in [-0.1, -0.05) is 18.2 Å². The molecule has 2 aromatic carbocycles. The van der Waals surface area contributed by atoms with Crippen LogP contribution in [0.3, 0.4) is 0 Å². The summed E-state index contributed by atoms with van der Waals surface area (Å²) >= 11 is 0. The second-order valence-electron chi connectivity index (χ2n) is 6.49. The van der Waals surface area contributed by atoms with Gasteiger partial charge in [0.15, 0.2) is 0 Å². The van der Waals surface area contributed by atoms with Crippen LogP contribution in [-0.2, 0) is 15.7 Å². The van der Waals surface area contributed by atoms with Crippen molar-refractivity contribution in [3.05, 3.63) is 76.5 Å². The van der Waals surface area contributed by atoms with Gasteiger partial charge in [0.1, 0.15) is 0 Å². The maximum atomic E-state index is 13.1. The molecule has 0 aromatic heterocycles. The molecule has 154 valence electrons. The molecule has 0 aliphatic carbocycles. The molecular weight excluding hydrogens is 399 g/mol. The first-order chi connectivity index (χ1) is 14.2. The summed E-state index contributed by atoms with van der Waals surface area (Å²) in [5.41, 5.74) is 0.157. The normalized spacial score (nSPS) is 16.7. The van der Waals surface area contributed by atoms with E-state index in [1.54, 1.807) is 12.1 Å². The molecule has 1 aliphatic rings. The first-order valence-corrected chi connectivity index (χ1v) is 8.74. The van der Waals surface area contributed by atoms with Crippen LogP contribution >= 0.6 is 0 Å². The molecule has 30 heavy (non-hydrogen) atoms. The molecule has 1 atom stereocenters. The molecule has 1 heterocycles. The lowest BCUT2D eigenvalue weighted by Gasteiger charge is -2.35. The van der Waals surface area contributed by atoms with Crippen molar-refractivity contribution in [3.8, 4) is 6.07 Å². The van der Waals surface area contributed by atoms with E-state index < -0.39 is 29.8 Å². The molecule has 0 spiro atoms. The standard InChI is InChI=1S/C21H16F3N3O3/c1-12-17(19(28)30-2)18(14-8-6-13(11-25)7-9-14)26-20(29)27(12)16-5-3-4-15(10-16)21(22,23)24/h3-10,18H,1-2H3,(H,26,29)/t18-/m1/s1. The van der Waals surface area contributed by atoms with Gasteiger partial charge in [-0.3, -0.25) is 4.90 Å². The Morgan fingerprint density at radius 3 is 2.43 bits per heavy atom. The highest BCUT2D eigenvalue weighted by molar-refractivity contribution is 6.03. The lowest BCUT2D eigenvalue weighted by molar-refractivity contribution is -0.138. The van der Waals surface area contributed by atoms with Crippen molar-refractivity contribution in [2.24, 2.45) is 0 Å². The first-order valence-electron chi connectivity index (χ1n) is 8.74. The van der Waals surface area contributed by atoms with Crippen LogP contribution in [0.4, 0.5) is 23.7 Å². The third-order valence-electron chi connectivity index (χ3n) is 4.69. The highest BCUT2D eigenvalue weighted by atomic mass is 19.4. The van der Waals surface area contributed by atoms with Crippen molar-refractivity contribution >= 4 is 17.7 Å². The van der Waals surface area contributed by atoms with Gasteiger partial charge in [-0.15, -0.1) is 0 Å². The van der Waals surface area contributed by atoms with Crippen LogP contribution in [0.1, 0.15) is 29.7 Å². The number of anilines is 1. The molecule has 0 unspecified atom stereocenters. The lowest BCUT2D eigenvalue weighted by atomic mass is 9.94. The van der Waals surface area contributed by atoms with Gasteiger partial charge in [0, 0.05) is 5.70 Å². The van der Waals surface area contributed by atoms with Crippen LogP contribution < -0.4 is 10.2 Å². The molecule has 0 bridgehead atoms. The van der Waals surface area contributed by atoms with Crippen LogP contribution in [0.15, 0.2) is 59.8 Å². The number of amides is 2. The van der Waals surface area contributed by atoms with Crippen molar-refractivity contribution in [3.63, 3.8) is 0 Å². The van der Waals surface area contributed by atoms with E-state index in [4.69, 9.17) is 10.00 Å². The second kappa shape index (κ2) is 7.91. The fourth-order valence-electron chi connectivity index (χ4n) is 3.25. The summed E-state index contributed by atoms with van der Waals surface area (Å²) < 4.78 is 44.2. The fraction of sp³-hybridized carbons (Fsp3) is 0.190. The van der Waals surface area contributed by atoms with Gasteiger partial charge in [-0.25, -0.2) is 9.59 Å². The molecule has 1 N–H and O–H groups in total. The van der Waals surface area contributed by atoms with Crippen molar-refractivity contribution in [2.75, 3.05) is 12.0 Å². The van der Waals surface area contributed by atoms with Crippen molar-refractivity contribution < 1.29 is 27.5 Å². The van der Waals surface area contributed by atoms with Crippen LogP contribution in [0.25, 0.3) is 0 Å². The van der Waals surface area contributed by atoms with E-state index >= 15 is 0 Å². The van der Waals surface area contributed by atoms with Crippen molar-refractivity contribution in [1.82, 2.24) is 5.32 Å². The number of carbonyl (C=O) groups is 2. The van der Waals surface area contributed by atoms with Gasteiger partial charge in [-0.05, 0) is 42.8 Å². The number of esters is 1. The zero-order valence-corrected chi connectivity index (χ0v) is 15.9. The average Bonchev–Trinajstić information content (AvgIpc) is 2.72. The monoisotopic (exact) mass is 415 g/mol. The minimum atomic E-state index is -4.59. The number of ether oxygens (including phenoxy) is 1. The summed E-state index contributed by atoms with van der Waals surface area (Å²) in [7, 11) is 1.17. The molecule has 9 heteroatoms. The Morgan fingerprint density at radius 1 is 1.20 bits per heavy atom. The van der Waals surface area contributed by atoms with Crippen LogP contribution in [0, 0.1) is 11.3 Å². The number of methoxy groups -OCH3 is 1. The van der Waals surface area contributed by atoms with E-state index in [0.29, 0.717) is 11.1 Å². The Hall–Kier alpha value is -3.80. The third kappa shape index (κ3) is 3.85. The number of rotatable bonds is 3. The maximum Gasteiger partial charge on any atom is 0.416 e. The number of benzene rings is 2. The third-order valence-corrected chi connectivity index (χ3v) is 4.69. The summed E-state index contributed by atoms with van der Waals surface area (Å²) in [6.07, 6.45) is -4.59. The second-order valence-corrected chi connectivity index (χ2v) is 6.49. The van der Waals surface area contributed by atoms with E-state index in [1.165, 1.54) is 38.3 Å². The number of nitrogens with zero attached hydrogens (tertiary/aromatic N) is 2. The highest BCUT2D eigenvalue weighted by Crippen LogP contribution is 2.36. The Morgan fingerprint density at radius 2 is 1.87 bits per heavy atom. The van der Waals surface area contributed by atoms with E-state index in [-0.39, 0.29) is 17.0 Å². The van der Waals surface area contributed by atoms with Crippen LogP contribution in [0.2, 0.25) is 0 Å². The molecular formula is C21H16F3N3O3. The van der Waals surface area contributed by atoms with E-state index in [9.17, 15) is 22.8 Å². The molecule has 0 radical (unpaired) electrons. The molecule has 0 saturated heterocycles. The summed E-state index contributed by atoms with van der Waals surface area (Å²) in [5.74, 6) is -0.737. The zero-order valence-electron chi connectivity index (χ0n) is 15.9. The Balaban J connectivity index is 2.13. The first kappa shape index (κ1) is 20.9. The molecule has 2 amide bonds. The largest absolute Gasteiger partial charge is 0.466 e. The predicted molar refractivity (Wildman–Crippen MR) is 101 cm³/mol. The summed E-state index contributed by atoms with van der Waals surface area (Å²) in [5, 5.41) is 11.6. The van der Waals surface area contributed by atoms with Gasteiger partial charge >= 0.3 is 18.2 Å². The lowest BCUT2D eigenvalue weighted by Crippen LogP contribution is -2.48. The predicted octanol–water partition coefficient (Wildman–Crippen LogP) is 4.29. The Bertz CT molecular complexity index is 1070. The minimum absolute atomic E-state index is 0.0421. The molecule has 2 aromatic rings. The number of hydrogen-bond acceptors (Lipinski definition) is 4. The quantitative estimate of drug-likeness (QED) is 0.758.